The summed E-state index contributed by atoms with van der Waals surface area (Å²) in [7, 11) is -2.61. The minimum Gasteiger partial charge on any atom is -0.744 e. The Morgan fingerprint density at radius 2 is 1.33 bits per heavy atom. The maximum Gasteiger partial charge on any atom is 0.357 e. The predicted molar refractivity (Wildman–Crippen MR) is 95.9 cm³/mol. The van der Waals surface area contributed by atoms with Crippen LogP contribution < -0.4 is 25.9 Å². The highest BCUT2D eigenvalue weighted by molar-refractivity contribution is 7.85. The first-order chi connectivity index (χ1) is 12.8. The van der Waals surface area contributed by atoms with E-state index in [1.54, 1.807) is 19.2 Å². The first kappa shape index (κ1) is 21.3. The fourth-order valence-corrected chi connectivity index (χ4v) is 4.58. The molecule has 3 aromatic rings. The van der Waals surface area contributed by atoms with Gasteiger partial charge in [-0.1, -0.05) is 17.7 Å². The second-order valence-electron chi connectivity index (χ2n) is 5.46. The van der Waals surface area contributed by atoms with E-state index in [0.717, 1.165) is 11.3 Å². The second-order valence-corrected chi connectivity index (χ2v) is 9.87. The van der Waals surface area contributed by atoms with Gasteiger partial charge in [0, 0.05) is 0 Å². The molecule has 0 radical (unpaired) electrons. The van der Waals surface area contributed by atoms with Gasteiger partial charge in [-0.2, -0.15) is 0 Å². The standard InChI is InChI=1S/C13H11FIO.C7H8O3S/c1-16-13-8-6-12(7-9-13)15-11-4-2-10(14)3-5-11;1-6-2-4-7(5-3-6)11(8,9)10/h2-9H,1H3;2-5H,1H3,(H,8,9,10)/q+1;/p-1. The lowest BCUT2D eigenvalue weighted by Crippen LogP contribution is -3.61. The lowest BCUT2D eigenvalue weighted by Gasteiger charge is -2.05. The number of rotatable bonds is 4. The fraction of sp³-hybridized carbons (Fsp3) is 0.100. The average Bonchev–Trinajstić information content (AvgIpc) is 2.64. The Morgan fingerprint density at radius 3 is 1.78 bits per heavy atom. The molecule has 4 nitrogen and oxygen atoms in total. The zero-order valence-electron chi connectivity index (χ0n) is 14.7. The molecule has 0 N–H and O–H groups in total. The maximum absolute atomic E-state index is 12.7. The topological polar surface area (TPSA) is 66.4 Å². The largest absolute Gasteiger partial charge is 0.744 e. The van der Waals surface area contributed by atoms with Crippen LogP contribution in [0.5, 0.6) is 5.75 Å². The van der Waals surface area contributed by atoms with Crippen LogP contribution in [-0.4, -0.2) is 20.1 Å². The van der Waals surface area contributed by atoms with Crippen molar-refractivity contribution in [2.45, 2.75) is 11.8 Å². The summed E-state index contributed by atoms with van der Waals surface area (Å²) < 4.78 is 51.5. The molecule has 0 fully saturated rings. The molecule has 0 atom stereocenters. The molecular formula is C20H18FIO4S. The summed E-state index contributed by atoms with van der Waals surface area (Å²) >= 11 is -0.224. The smallest absolute Gasteiger partial charge is 0.357 e. The highest BCUT2D eigenvalue weighted by Gasteiger charge is 2.14. The van der Waals surface area contributed by atoms with E-state index in [4.69, 9.17) is 4.74 Å². The van der Waals surface area contributed by atoms with E-state index in [1.165, 1.54) is 31.4 Å². The highest BCUT2D eigenvalue weighted by Crippen LogP contribution is 2.08. The lowest BCUT2D eigenvalue weighted by atomic mass is 10.2. The zero-order valence-corrected chi connectivity index (χ0v) is 17.7. The molecule has 0 aliphatic heterocycles. The van der Waals surface area contributed by atoms with Gasteiger partial charge in [-0.05, 0) is 67.6 Å². The van der Waals surface area contributed by atoms with E-state index >= 15 is 0 Å². The fourth-order valence-electron chi connectivity index (χ4n) is 1.96. The van der Waals surface area contributed by atoms with Gasteiger partial charge in [-0.15, -0.1) is 0 Å². The van der Waals surface area contributed by atoms with Gasteiger partial charge in [0.15, 0.2) is 7.14 Å². The molecule has 0 aliphatic rings. The predicted octanol–water partition coefficient (Wildman–Crippen LogP) is 0.862. The van der Waals surface area contributed by atoms with Crippen LogP contribution in [0.1, 0.15) is 5.56 Å². The minimum atomic E-state index is -4.27. The molecule has 0 spiro atoms. The van der Waals surface area contributed by atoms with Crippen LogP contribution in [0.4, 0.5) is 4.39 Å². The van der Waals surface area contributed by atoms with Crippen LogP contribution in [0.3, 0.4) is 0 Å². The maximum atomic E-state index is 12.7. The Bertz CT molecular complexity index is 954. The summed E-state index contributed by atoms with van der Waals surface area (Å²) in [6.45, 7) is 1.82. The van der Waals surface area contributed by atoms with Gasteiger partial charge < -0.3 is 9.29 Å². The van der Waals surface area contributed by atoms with Gasteiger partial charge in [0.25, 0.3) is 0 Å². The Labute approximate surface area is 169 Å². The van der Waals surface area contributed by atoms with Gasteiger partial charge in [0.2, 0.25) is 0 Å². The SMILES string of the molecule is COc1ccc([I+]c2ccc(F)cc2)cc1.Cc1ccc(S(=O)(=O)[O-])cc1. The van der Waals surface area contributed by atoms with Crippen molar-refractivity contribution in [2.75, 3.05) is 7.11 Å². The van der Waals surface area contributed by atoms with Crippen molar-refractivity contribution in [1.29, 1.82) is 0 Å². The second kappa shape index (κ2) is 9.82. The van der Waals surface area contributed by atoms with E-state index < -0.39 is 10.1 Å². The molecule has 142 valence electrons. The lowest BCUT2D eigenvalue weighted by molar-refractivity contribution is -0.597. The zero-order chi connectivity index (χ0) is 19.9. The molecule has 3 aromatic carbocycles. The normalized spacial score (nSPS) is 10.7. The molecule has 0 aliphatic carbocycles. The van der Waals surface area contributed by atoms with Crippen molar-refractivity contribution in [3.8, 4) is 5.75 Å². The quantitative estimate of drug-likeness (QED) is 0.394. The molecule has 0 saturated carbocycles. The average molecular weight is 500 g/mol. The van der Waals surface area contributed by atoms with E-state index in [2.05, 4.69) is 12.1 Å². The number of aryl methyl sites for hydroxylation is 1. The summed E-state index contributed by atoms with van der Waals surface area (Å²) in [6, 6.07) is 20.6. The summed E-state index contributed by atoms with van der Waals surface area (Å²) in [6.07, 6.45) is 0. The van der Waals surface area contributed by atoms with Crippen LogP contribution in [0.15, 0.2) is 77.7 Å². The minimum absolute atomic E-state index is 0.178. The Kier molecular flexibility index (Phi) is 7.76. The van der Waals surface area contributed by atoms with Gasteiger partial charge in [0.05, 0.1) is 12.0 Å². The van der Waals surface area contributed by atoms with E-state index in [1.807, 2.05) is 31.2 Å². The first-order valence-corrected chi connectivity index (χ1v) is 11.4. The third kappa shape index (κ3) is 7.28. The monoisotopic (exact) mass is 500 g/mol. The van der Waals surface area contributed by atoms with E-state index in [-0.39, 0.29) is 31.9 Å². The third-order valence-corrected chi connectivity index (χ3v) is 6.91. The van der Waals surface area contributed by atoms with Gasteiger partial charge >= 0.3 is 21.2 Å². The van der Waals surface area contributed by atoms with Gasteiger partial charge in [-0.25, -0.2) is 12.8 Å². The summed E-state index contributed by atoms with van der Waals surface area (Å²) in [4.78, 5) is -0.178. The number of ether oxygens (including phenoxy) is 1. The van der Waals surface area contributed by atoms with Crippen LogP contribution in [-0.2, 0) is 10.1 Å². The first-order valence-electron chi connectivity index (χ1n) is 7.85. The Balaban J connectivity index is 0.000000208. The summed E-state index contributed by atoms with van der Waals surface area (Å²) in [5, 5.41) is 0. The molecule has 3 rings (SSSR count). The van der Waals surface area contributed by atoms with Crippen molar-refractivity contribution >= 4 is 10.1 Å². The van der Waals surface area contributed by atoms with E-state index in [9.17, 15) is 17.4 Å². The van der Waals surface area contributed by atoms with Crippen molar-refractivity contribution in [1.82, 2.24) is 0 Å². The number of hydrogen-bond acceptors (Lipinski definition) is 4. The number of methoxy groups -OCH3 is 1. The molecule has 7 heteroatoms. The van der Waals surface area contributed by atoms with Crippen molar-refractivity contribution in [2.24, 2.45) is 0 Å². The number of benzene rings is 3. The molecule has 0 aromatic heterocycles. The highest BCUT2D eigenvalue weighted by atomic mass is 127. The Hall–Kier alpha value is -1.97. The number of halogens is 2. The van der Waals surface area contributed by atoms with Crippen LogP contribution >= 0.6 is 0 Å². The molecule has 0 unspecified atom stereocenters. The van der Waals surface area contributed by atoms with Crippen LogP contribution in [0, 0.1) is 19.9 Å². The van der Waals surface area contributed by atoms with Crippen LogP contribution in [0.2, 0.25) is 0 Å². The molecule has 0 saturated heterocycles. The molecule has 27 heavy (non-hydrogen) atoms. The third-order valence-electron chi connectivity index (χ3n) is 3.38. The van der Waals surface area contributed by atoms with Crippen molar-refractivity contribution in [3.63, 3.8) is 0 Å². The Morgan fingerprint density at radius 1 is 0.852 bits per heavy atom. The van der Waals surface area contributed by atoms with Crippen LogP contribution in [0.25, 0.3) is 0 Å². The van der Waals surface area contributed by atoms with Crippen molar-refractivity contribution in [3.05, 3.63) is 91.3 Å². The van der Waals surface area contributed by atoms with Gasteiger partial charge in [0.1, 0.15) is 21.7 Å². The molecule has 0 heterocycles. The summed E-state index contributed by atoms with van der Waals surface area (Å²) in [5.41, 5.74) is 0.928. The van der Waals surface area contributed by atoms with Gasteiger partial charge in [-0.3, -0.25) is 0 Å². The molecule has 0 bridgehead atoms. The molecule has 0 amide bonds. The van der Waals surface area contributed by atoms with Crippen molar-refractivity contribution < 1.29 is 43.3 Å². The summed E-state index contributed by atoms with van der Waals surface area (Å²) in [5.74, 6) is 0.689. The number of hydrogen-bond donors (Lipinski definition) is 0. The van der Waals surface area contributed by atoms with E-state index in [0.29, 0.717) is 0 Å². The molecular weight excluding hydrogens is 482 g/mol.